The van der Waals surface area contributed by atoms with E-state index in [9.17, 15) is 4.79 Å². The van der Waals surface area contributed by atoms with Gasteiger partial charge in [0.1, 0.15) is 4.88 Å². The summed E-state index contributed by atoms with van der Waals surface area (Å²) in [5, 5.41) is 0. The summed E-state index contributed by atoms with van der Waals surface area (Å²) >= 11 is 1.39. The molecule has 1 aromatic rings. The second-order valence-corrected chi connectivity index (χ2v) is 5.55. The average molecular weight is 241 g/mol. The van der Waals surface area contributed by atoms with Crippen LogP contribution in [-0.2, 0) is 4.74 Å². The molecule has 0 saturated carbocycles. The van der Waals surface area contributed by atoms with E-state index in [0.29, 0.717) is 23.1 Å². The lowest BCUT2D eigenvalue weighted by atomic mass is 10.1. The van der Waals surface area contributed by atoms with Gasteiger partial charge in [-0.2, -0.15) is 0 Å². The van der Waals surface area contributed by atoms with Crippen molar-refractivity contribution < 1.29 is 9.53 Å². The fourth-order valence-electron chi connectivity index (χ4n) is 1.32. The van der Waals surface area contributed by atoms with Crippen LogP contribution in [0.1, 0.15) is 41.2 Å². The van der Waals surface area contributed by atoms with Crippen LogP contribution < -0.4 is 5.73 Å². The van der Waals surface area contributed by atoms with Crippen molar-refractivity contribution in [3.05, 3.63) is 15.8 Å². The highest BCUT2D eigenvalue weighted by molar-refractivity contribution is 7.14. The normalized spacial score (nSPS) is 10.8. The first-order chi connectivity index (χ1) is 7.50. The van der Waals surface area contributed by atoms with Crippen LogP contribution >= 0.6 is 11.3 Å². The lowest BCUT2D eigenvalue weighted by Crippen LogP contribution is -2.05. The summed E-state index contributed by atoms with van der Waals surface area (Å²) < 4.78 is 5.16. The maximum Gasteiger partial charge on any atom is 0.348 e. The van der Waals surface area contributed by atoms with E-state index in [0.717, 1.165) is 17.7 Å². The molecule has 1 rings (SSSR count). The number of hydrogen-bond donors (Lipinski definition) is 1. The minimum Gasteiger partial charge on any atom is -0.462 e. The van der Waals surface area contributed by atoms with Crippen molar-refractivity contribution in [2.24, 2.45) is 5.92 Å². The molecule has 2 N–H and O–H groups in total. The highest BCUT2D eigenvalue weighted by Crippen LogP contribution is 2.24. The number of anilines is 1. The number of hydrogen-bond acceptors (Lipinski definition) is 4. The van der Waals surface area contributed by atoms with Crippen LogP contribution in [0, 0.1) is 12.8 Å². The van der Waals surface area contributed by atoms with Crippen LogP contribution in [0.2, 0.25) is 0 Å². The number of aryl methyl sites for hydroxylation is 1. The number of esters is 1. The summed E-state index contributed by atoms with van der Waals surface area (Å²) in [6.45, 7) is 6.71. The molecule has 0 aromatic carbocycles. The Morgan fingerprint density at radius 1 is 1.56 bits per heavy atom. The maximum absolute atomic E-state index is 11.6. The first-order valence-corrected chi connectivity index (χ1v) is 6.35. The molecule has 0 amide bonds. The standard InChI is InChI=1S/C12H19NO2S/c1-8(2)5-4-6-15-12(14)11-7-10(13)9(3)16-11/h7-8H,4-6,13H2,1-3H3. The molecule has 0 spiro atoms. The van der Waals surface area contributed by atoms with Crippen molar-refractivity contribution in [1.82, 2.24) is 0 Å². The Morgan fingerprint density at radius 3 is 2.75 bits per heavy atom. The Hall–Kier alpha value is -1.03. The van der Waals surface area contributed by atoms with Crippen molar-refractivity contribution in [3.8, 4) is 0 Å². The number of thiophene rings is 1. The molecular weight excluding hydrogens is 222 g/mol. The Bertz CT molecular complexity index is 338. The molecule has 0 unspecified atom stereocenters. The highest BCUT2D eigenvalue weighted by Gasteiger charge is 2.11. The average Bonchev–Trinajstić information content (AvgIpc) is 2.54. The lowest BCUT2D eigenvalue weighted by molar-refractivity contribution is 0.0500. The van der Waals surface area contributed by atoms with Gasteiger partial charge in [0.2, 0.25) is 0 Å². The highest BCUT2D eigenvalue weighted by atomic mass is 32.1. The molecule has 16 heavy (non-hydrogen) atoms. The molecule has 3 nitrogen and oxygen atoms in total. The zero-order valence-corrected chi connectivity index (χ0v) is 10.9. The first-order valence-electron chi connectivity index (χ1n) is 5.53. The van der Waals surface area contributed by atoms with Crippen LogP contribution in [0.25, 0.3) is 0 Å². The third-order valence-corrected chi connectivity index (χ3v) is 3.36. The Balaban J connectivity index is 2.35. The topological polar surface area (TPSA) is 52.3 Å². The third kappa shape index (κ3) is 3.85. The van der Waals surface area contributed by atoms with Gasteiger partial charge >= 0.3 is 5.97 Å². The second-order valence-electron chi connectivity index (χ2n) is 4.29. The number of nitrogen functional groups attached to an aromatic ring is 1. The Morgan fingerprint density at radius 2 is 2.25 bits per heavy atom. The largest absolute Gasteiger partial charge is 0.462 e. The molecule has 90 valence electrons. The van der Waals surface area contributed by atoms with Gasteiger partial charge in [-0.25, -0.2) is 4.79 Å². The van der Waals surface area contributed by atoms with E-state index >= 15 is 0 Å². The summed E-state index contributed by atoms with van der Waals surface area (Å²) in [6, 6.07) is 1.69. The van der Waals surface area contributed by atoms with E-state index in [1.165, 1.54) is 11.3 Å². The van der Waals surface area contributed by atoms with E-state index in [2.05, 4.69) is 13.8 Å². The van der Waals surface area contributed by atoms with Gasteiger partial charge in [-0.05, 0) is 31.7 Å². The summed E-state index contributed by atoms with van der Waals surface area (Å²) in [7, 11) is 0. The second kappa shape index (κ2) is 5.89. The number of ether oxygens (including phenoxy) is 1. The van der Waals surface area contributed by atoms with Crippen LogP contribution in [0.15, 0.2) is 6.07 Å². The number of carbonyl (C=O) groups is 1. The van der Waals surface area contributed by atoms with Gasteiger partial charge in [0.25, 0.3) is 0 Å². The van der Waals surface area contributed by atoms with Gasteiger partial charge in [0.15, 0.2) is 0 Å². The van der Waals surface area contributed by atoms with Gasteiger partial charge < -0.3 is 10.5 Å². The number of carbonyl (C=O) groups excluding carboxylic acids is 1. The predicted octanol–water partition coefficient (Wildman–Crippen LogP) is 3.23. The molecular formula is C12H19NO2S. The van der Waals surface area contributed by atoms with Crippen LogP contribution in [0.4, 0.5) is 5.69 Å². The SMILES string of the molecule is Cc1sc(C(=O)OCCCC(C)C)cc1N. The summed E-state index contributed by atoms with van der Waals surface area (Å²) in [4.78, 5) is 13.2. The van der Waals surface area contributed by atoms with Crippen LogP contribution in [0.3, 0.4) is 0 Å². The molecule has 1 aromatic heterocycles. The molecule has 0 radical (unpaired) electrons. The zero-order chi connectivity index (χ0) is 12.1. The Labute approximate surface area is 101 Å². The molecule has 0 bridgehead atoms. The van der Waals surface area contributed by atoms with Gasteiger partial charge in [0, 0.05) is 10.6 Å². The predicted molar refractivity (Wildman–Crippen MR) is 67.8 cm³/mol. The van der Waals surface area contributed by atoms with Gasteiger partial charge in [-0.15, -0.1) is 11.3 Å². The first kappa shape index (κ1) is 13.0. The molecule has 0 fully saturated rings. The van der Waals surface area contributed by atoms with E-state index in [1.807, 2.05) is 6.92 Å². The van der Waals surface area contributed by atoms with Gasteiger partial charge in [-0.1, -0.05) is 13.8 Å². The molecule has 0 aliphatic heterocycles. The molecule has 0 atom stereocenters. The van der Waals surface area contributed by atoms with Crippen molar-refractivity contribution in [3.63, 3.8) is 0 Å². The summed E-state index contributed by atoms with van der Waals surface area (Å²) in [6.07, 6.45) is 2.00. The van der Waals surface area contributed by atoms with E-state index in [1.54, 1.807) is 6.07 Å². The summed E-state index contributed by atoms with van der Waals surface area (Å²) in [5.74, 6) is 0.395. The van der Waals surface area contributed by atoms with Gasteiger partial charge in [0.05, 0.1) is 6.61 Å². The molecule has 4 heteroatoms. The fourth-order valence-corrected chi connectivity index (χ4v) is 2.16. The minimum absolute atomic E-state index is 0.256. The van der Waals surface area contributed by atoms with Crippen molar-refractivity contribution in [2.75, 3.05) is 12.3 Å². The monoisotopic (exact) mass is 241 g/mol. The number of nitrogens with two attached hydrogens (primary N) is 1. The molecule has 0 aliphatic carbocycles. The van der Waals surface area contributed by atoms with E-state index in [-0.39, 0.29) is 5.97 Å². The van der Waals surface area contributed by atoms with Crippen LogP contribution in [0.5, 0.6) is 0 Å². The molecule has 0 aliphatic rings. The zero-order valence-electron chi connectivity index (χ0n) is 10.1. The third-order valence-electron chi connectivity index (χ3n) is 2.32. The van der Waals surface area contributed by atoms with Crippen molar-refractivity contribution in [1.29, 1.82) is 0 Å². The molecule has 1 heterocycles. The van der Waals surface area contributed by atoms with Gasteiger partial charge in [-0.3, -0.25) is 0 Å². The quantitative estimate of drug-likeness (QED) is 0.636. The molecule has 0 saturated heterocycles. The Kier molecular flexibility index (Phi) is 4.80. The van der Waals surface area contributed by atoms with Crippen molar-refractivity contribution in [2.45, 2.75) is 33.6 Å². The van der Waals surface area contributed by atoms with Crippen molar-refractivity contribution >= 4 is 23.0 Å². The van der Waals surface area contributed by atoms with E-state index < -0.39 is 0 Å². The minimum atomic E-state index is -0.256. The van der Waals surface area contributed by atoms with Crippen LogP contribution in [-0.4, -0.2) is 12.6 Å². The maximum atomic E-state index is 11.6. The summed E-state index contributed by atoms with van der Waals surface area (Å²) in [5.41, 5.74) is 6.34. The lowest BCUT2D eigenvalue weighted by Gasteiger charge is -2.05. The van der Waals surface area contributed by atoms with E-state index in [4.69, 9.17) is 10.5 Å². The smallest absolute Gasteiger partial charge is 0.348 e. The number of rotatable bonds is 5. The fraction of sp³-hybridized carbons (Fsp3) is 0.583.